The predicted octanol–water partition coefficient (Wildman–Crippen LogP) is 3.61. The molecule has 0 aliphatic carbocycles. The zero-order chi connectivity index (χ0) is 16.4. The largest absolute Gasteiger partial charge is 0.261 e. The first-order valence-electron chi connectivity index (χ1n) is 8.00. The first-order chi connectivity index (χ1) is 11.0. The van der Waals surface area contributed by atoms with Gasteiger partial charge in [0.15, 0.2) is 0 Å². The normalized spacial score (nSPS) is 19.7. The minimum atomic E-state index is -3.49. The number of hydrogen-bond acceptors (Lipinski definition) is 3. The van der Waals surface area contributed by atoms with Gasteiger partial charge in [-0.25, -0.2) is 8.42 Å². The molecule has 0 bridgehead atoms. The Hall–Kier alpha value is -1.72. The molecule has 2 heterocycles. The number of pyridine rings is 1. The van der Waals surface area contributed by atoms with Gasteiger partial charge >= 0.3 is 0 Å². The lowest BCUT2D eigenvalue weighted by Gasteiger charge is -2.35. The summed E-state index contributed by atoms with van der Waals surface area (Å²) in [5.41, 5.74) is 2.98. The third kappa shape index (κ3) is 3.16. The van der Waals surface area contributed by atoms with Crippen LogP contribution >= 0.6 is 0 Å². The molecule has 2 aromatic rings. The van der Waals surface area contributed by atoms with Crippen LogP contribution in [0.15, 0.2) is 47.5 Å². The molecule has 4 nitrogen and oxygen atoms in total. The standard InChI is InChI=1S/C18H22N2O2S/c1-14-8-10-16(11-9-14)23(21,22)20-13-4-3-7-18(20)17-6-5-12-19-15(17)2/h5-6,8-12,18H,3-4,7,13H2,1-2H3/t18-/m1/s1. The molecular formula is C18H22N2O2S. The van der Waals surface area contributed by atoms with E-state index in [0.29, 0.717) is 11.4 Å². The number of aromatic nitrogens is 1. The van der Waals surface area contributed by atoms with Crippen molar-refractivity contribution in [3.8, 4) is 0 Å². The van der Waals surface area contributed by atoms with Crippen LogP contribution in [0.2, 0.25) is 0 Å². The molecule has 0 unspecified atom stereocenters. The summed E-state index contributed by atoms with van der Waals surface area (Å²) in [6, 6.07) is 10.9. The van der Waals surface area contributed by atoms with Crippen molar-refractivity contribution in [1.29, 1.82) is 0 Å². The second-order valence-electron chi connectivity index (χ2n) is 6.12. The Morgan fingerprint density at radius 1 is 1.09 bits per heavy atom. The molecule has 0 amide bonds. The number of hydrogen-bond donors (Lipinski definition) is 0. The lowest BCUT2D eigenvalue weighted by molar-refractivity contribution is 0.255. The summed E-state index contributed by atoms with van der Waals surface area (Å²) in [6.07, 6.45) is 4.54. The maximum absolute atomic E-state index is 13.1. The molecule has 3 rings (SSSR count). The van der Waals surface area contributed by atoms with Gasteiger partial charge in [0, 0.05) is 18.4 Å². The Morgan fingerprint density at radius 3 is 2.52 bits per heavy atom. The number of aryl methyl sites for hydroxylation is 2. The van der Waals surface area contributed by atoms with E-state index in [1.807, 2.05) is 38.1 Å². The average Bonchev–Trinajstić information content (AvgIpc) is 2.56. The van der Waals surface area contributed by atoms with E-state index in [9.17, 15) is 8.42 Å². The molecule has 5 heteroatoms. The van der Waals surface area contributed by atoms with Crippen molar-refractivity contribution in [1.82, 2.24) is 9.29 Å². The van der Waals surface area contributed by atoms with Crippen molar-refractivity contribution in [2.75, 3.05) is 6.54 Å². The second-order valence-corrected chi connectivity index (χ2v) is 8.01. The molecule has 122 valence electrons. The maximum Gasteiger partial charge on any atom is 0.243 e. The zero-order valence-corrected chi connectivity index (χ0v) is 14.4. The first kappa shape index (κ1) is 16.1. The van der Waals surface area contributed by atoms with E-state index in [1.54, 1.807) is 22.6 Å². The SMILES string of the molecule is Cc1ccc(S(=O)(=O)N2CCCC[C@@H]2c2cccnc2C)cc1. The molecule has 0 spiro atoms. The van der Waals surface area contributed by atoms with E-state index in [1.165, 1.54) is 0 Å². The average molecular weight is 330 g/mol. The van der Waals surface area contributed by atoms with E-state index in [2.05, 4.69) is 4.98 Å². The van der Waals surface area contributed by atoms with Crippen LogP contribution in [-0.4, -0.2) is 24.3 Å². The van der Waals surface area contributed by atoms with Crippen molar-refractivity contribution in [3.05, 3.63) is 59.4 Å². The van der Waals surface area contributed by atoms with Crippen molar-refractivity contribution in [3.63, 3.8) is 0 Å². The summed E-state index contributed by atoms with van der Waals surface area (Å²) in [6.45, 7) is 4.47. The van der Waals surface area contributed by atoms with E-state index < -0.39 is 10.0 Å². The monoisotopic (exact) mass is 330 g/mol. The number of rotatable bonds is 3. The lowest BCUT2D eigenvalue weighted by atomic mass is 9.97. The molecule has 23 heavy (non-hydrogen) atoms. The fraction of sp³-hybridized carbons (Fsp3) is 0.389. The molecule has 1 fully saturated rings. The minimum Gasteiger partial charge on any atom is -0.261 e. The molecule has 1 aromatic carbocycles. The van der Waals surface area contributed by atoms with Crippen molar-refractivity contribution < 1.29 is 8.42 Å². The highest BCUT2D eigenvalue weighted by Crippen LogP contribution is 2.36. The van der Waals surface area contributed by atoms with Crippen molar-refractivity contribution in [2.45, 2.75) is 44.0 Å². The molecule has 1 aromatic heterocycles. The first-order valence-corrected chi connectivity index (χ1v) is 9.44. The summed E-state index contributed by atoms with van der Waals surface area (Å²) in [4.78, 5) is 4.71. The van der Waals surface area contributed by atoms with Gasteiger partial charge in [0.2, 0.25) is 10.0 Å². The molecule has 1 saturated heterocycles. The van der Waals surface area contributed by atoms with Gasteiger partial charge in [-0.15, -0.1) is 0 Å². The molecule has 1 atom stereocenters. The number of piperidine rings is 1. The van der Waals surface area contributed by atoms with Crippen LogP contribution in [0.1, 0.15) is 42.1 Å². The molecule has 0 radical (unpaired) electrons. The van der Waals surface area contributed by atoms with Crippen LogP contribution in [0.5, 0.6) is 0 Å². The van der Waals surface area contributed by atoms with Crippen LogP contribution in [0.4, 0.5) is 0 Å². The Bertz CT molecular complexity index is 785. The maximum atomic E-state index is 13.1. The molecule has 0 saturated carbocycles. The van der Waals surface area contributed by atoms with Gasteiger partial charge in [-0.2, -0.15) is 4.31 Å². The van der Waals surface area contributed by atoms with Gasteiger partial charge in [-0.3, -0.25) is 4.98 Å². The zero-order valence-electron chi connectivity index (χ0n) is 13.6. The van der Waals surface area contributed by atoms with Crippen LogP contribution in [-0.2, 0) is 10.0 Å². The van der Waals surface area contributed by atoms with E-state index in [-0.39, 0.29) is 6.04 Å². The van der Waals surface area contributed by atoms with Crippen molar-refractivity contribution in [2.24, 2.45) is 0 Å². The summed E-state index contributed by atoms with van der Waals surface area (Å²) < 4.78 is 27.9. The van der Waals surface area contributed by atoms with E-state index >= 15 is 0 Å². The van der Waals surface area contributed by atoms with Gasteiger partial charge in [0.25, 0.3) is 0 Å². The van der Waals surface area contributed by atoms with Gasteiger partial charge in [-0.05, 0) is 50.5 Å². The van der Waals surface area contributed by atoms with Gasteiger partial charge in [0.05, 0.1) is 10.9 Å². The van der Waals surface area contributed by atoms with Crippen LogP contribution in [0.3, 0.4) is 0 Å². The van der Waals surface area contributed by atoms with Gasteiger partial charge < -0.3 is 0 Å². The molecule has 0 N–H and O–H groups in total. The fourth-order valence-electron chi connectivity index (χ4n) is 3.20. The minimum absolute atomic E-state index is 0.122. The second kappa shape index (κ2) is 6.42. The van der Waals surface area contributed by atoms with E-state index in [4.69, 9.17) is 0 Å². The molecular weight excluding hydrogens is 308 g/mol. The fourth-order valence-corrected chi connectivity index (χ4v) is 4.87. The van der Waals surface area contributed by atoms with Crippen molar-refractivity contribution >= 4 is 10.0 Å². The highest BCUT2D eigenvalue weighted by molar-refractivity contribution is 7.89. The highest BCUT2D eigenvalue weighted by Gasteiger charge is 2.35. The number of nitrogens with zero attached hydrogens (tertiary/aromatic N) is 2. The summed E-state index contributed by atoms with van der Waals surface area (Å²) in [5, 5.41) is 0. The predicted molar refractivity (Wildman–Crippen MR) is 90.6 cm³/mol. The number of sulfonamides is 1. The lowest BCUT2D eigenvalue weighted by Crippen LogP contribution is -2.38. The van der Waals surface area contributed by atoms with Crippen LogP contribution in [0.25, 0.3) is 0 Å². The summed E-state index contributed by atoms with van der Waals surface area (Å²) in [7, 11) is -3.49. The topological polar surface area (TPSA) is 50.3 Å². The van der Waals surface area contributed by atoms with Gasteiger partial charge in [0.1, 0.15) is 0 Å². The molecule has 1 aliphatic rings. The van der Waals surface area contributed by atoms with Gasteiger partial charge in [-0.1, -0.05) is 30.2 Å². The van der Waals surface area contributed by atoms with E-state index in [0.717, 1.165) is 36.1 Å². The summed E-state index contributed by atoms with van der Waals surface area (Å²) in [5.74, 6) is 0. The highest BCUT2D eigenvalue weighted by atomic mass is 32.2. The Labute approximate surface area is 138 Å². The number of benzene rings is 1. The van der Waals surface area contributed by atoms with Crippen LogP contribution in [0, 0.1) is 13.8 Å². The Morgan fingerprint density at radius 2 is 1.83 bits per heavy atom. The third-order valence-corrected chi connectivity index (χ3v) is 6.41. The van der Waals surface area contributed by atoms with Crippen LogP contribution < -0.4 is 0 Å². The summed E-state index contributed by atoms with van der Waals surface area (Å²) >= 11 is 0. The Kier molecular flexibility index (Phi) is 4.50. The Balaban J connectivity index is 2.01. The third-order valence-electron chi connectivity index (χ3n) is 4.49. The smallest absolute Gasteiger partial charge is 0.243 e. The quantitative estimate of drug-likeness (QED) is 0.864. The molecule has 1 aliphatic heterocycles.